The third-order valence-corrected chi connectivity index (χ3v) is 5.84. The van der Waals surface area contributed by atoms with Crippen LogP contribution in [-0.2, 0) is 4.79 Å². The van der Waals surface area contributed by atoms with E-state index in [1.807, 2.05) is 12.1 Å². The van der Waals surface area contributed by atoms with E-state index in [1.54, 1.807) is 0 Å². The number of unbranched alkanes of at least 4 members (excludes halogenated alkanes) is 5. The number of carboxylic acid groups (broad SMARTS) is 1. The molecular weight excluding hydrogens is 354 g/mol. The van der Waals surface area contributed by atoms with E-state index in [1.165, 1.54) is 0 Å². The van der Waals surface area contributed by atoms with Crippen LogP contribution in [0.25, 0.3) is 0 Å². The Morgan fingerprint density at radius 2 is 1.82 bits per heavy atom. The van der Waals surface area contributed by atoms with Crippen LogP contribution in [0.15, 0.2) is 24.3 Å². The molecule has 1 saturated heterocycles. The lowest BCUT2D eigenvalue weighted by molar-refractivity contribution is -0.137. The third kappa shape index (κ3) is 7.10. The molecule has 28 heavy (non-hydrogen) atoms. The summed E-state index contributed by atoms with van der Waals surface area (Å²) in [5.41, 5.74) is 2.08. The Hall–Kier alpha value is -1.59. The lowest BCUT2D eigenvalue weighted by Crippen LogP contribution is -2.35. The van der Waals surface area contributed by atoms with E-state index in [0.717, 1.165) is 82.0 Å². The van der Waals surface area contributed by atoms with E-state index in [9.17, 15) is 15.0 Å². The second-order valence-electron chi connectivity index (χ2n) is 8.07. The second-order valence-corrected chi connectivity index (χ2v) is 8.07. The average Bonchev–Trinajstić information content (AvgIpc) is 3.05. The van der Waals surface area contributed by atoms with Gasteiger partial charge in [0.1, 0.15) is 0 Å². The fourth-order valence-corrected chi connectivity index (χ4v) is 4.13. The molecule has 1 heterocycles. The highest BCUT2D eigenvalue weighted by Crippen LogP contribution is 2.30. The fraction of sp³-hybridized carbons (Fsp3) is 0.696. The molecule has 0 aliphatic carbocycles. The molecule has 1 aromatic carbocycles. The smallest absolute Gasteiger partial charge is 0.303 e. The van der Waals surface area contributed by atoms with Crippen LogP contribution in [0.2, 0.25) is 0 Å². The number of aliphatic hydroxyl groups excluding tert-OH is 2. The molecule has 2 rings (SSSR count). The summed E-state index contributed by atoms with van der Waals surface area (Å²) in [6.07, 6.45) is 9.09. The zero-order valence-electron chi connectivity index (χ0n) is 17.2. The average molecular weight is 392 g/mol. The molecule has 3 N–H and O–H groups in total. The van der Waals surface area contributed by atoms with Crippen LogP contribution in [-0.4, -0.2) is 40.0 Å². The molecule has 5 nitrogen and oxygen atoms in total. The van der Waals surface area contributed by atoms with E-state index in [0.29, 0.717) is 0 Å². The summed E-state index contributed by atoms with van der Waals surface area (Å²) in [5, 5.41) is 29.4. The number of benzene rings is 1. The van der Waals surface area contributed by atoms with E-state index in [4.69, 9.17) is 5.11 Å². The molecule has 3 atom stereocenters. The summed E-state index contributed by atoms with van der Waals surface area (Å²) in [6, 6.07) is 8.28. The monoisotopic (exact) mass is 391 g/mol. The Morgan fingerprint density at radius 1 is 1.11 bits per heavy atom. The molecule has 5 heteroatoms. The van der Waals surface area contributed by atoms with Crippen LogP contribution in [0, 0.1) is 0 Å². The number of aliphatic carboxylic acids is 1. The van der Waals surface area contributed by atoms with Crippen molar-refractivity contribution in [3.8, 4) is 0 Å². The van der Waals surface area contributed by atoms with Crippen molar-refractivity contribution in [2.45, 2.75) is 95.8 Å². The first kappa shape index (κ1) is 22.7. The normalized spacial score (nSPS) is 20.5. The maximum atomic E-state index is 10.6. The van der Waals surface area contributed by atoms with Crippen LogP contribution in [0.5, 0.6) is 0 Å². The highest BCUT2D eigenvalue weighted by atomic mass is 16.4. The lowest BCUT2D eigenvalue weighted by atomic mass is 10.0. The minimum absolute atomic E-state index is 0.125. The van der Waals surface area contributed by atoms with E-state index >= 15 is 0 Å². The van der Waals surface area contributed by atoms with Crippen LogP contribution in [0.1, 0.15) is 89.2 Å². The molecule has 3 unspecified atom stereocenters. The number of hydrogen-bond acceptors (Lipinski definition) is 4. The first-order valence-electron chi connectivity index (χ1n) is 11.0. The highest BCUT2D eigenvalue weighted by molar-refractivity contribution is 5.66. The Balaban J connectivity index is 1.83. The number of rotatable bonds is 13. The van der Waals surface area contributed by atoms with Gasteiger partial charge in [0, 0.05) is 18.7 Å². The van der Waals surface area contributed by atoms with Crippen molar-refractivity contribution in [1.29, 1.82) is 0 Å². The van der Waals surface area contributed by atoms with Gasteiger partial charge in [0.25, 0.3) is 0 Å². The van der Waals surface area contributed by atoms with Crippen molar-refractivity contribution in [2.75, 3.05) is 11.4 Å². The van der Waals surface area contributed by atoms with Crippen LogP contribution < -0.4 is 4.90 Å². The molecule has 1 fully saturated rings. The third-order valence-electron chi connectivity index (χ3n) is 5.84. The largest absolute Gasteiger partial charge is 0.481 e. The minimum atomic E-state index is -0.726. The second kappa shape index (κ2) is 12.1. The van der Waals surface area contributed by atoms with Gasteiger partial charge in [-0.3, -0.25) is 4.79 Å². The van der Waals surface area contributed by atoms with Gasteiger partial charge in [-0.1, -0.05) is 57.6 Å². The highest BCUT2D eigenvalue weighted by Gasteiger charge is 2.32. The van der Waals surface area contributed by atoms with Crippen molar-refractivity contribution in [2.24, 2.45) is 0 Å². The number of nitrogens with zero attached hydrogens (tertiary/aromatic N) is 1. The van der Waals surface area contributed by atoms with E-state index in [-0.39, 0.29) is 18.6 Å². The van der Waals surface area contributed by atoms with Gasteiger partial charge < -0.3 is 20.2 Å². The maximum Gasteiger partial charge on any atom is 0.303 e. The summed E-state index contributed by atoms with van der Waals surface area (Å²) in [5.74, 6) is -0.726. The van der Waals surface area contributed by atoms with Gasteiger partial charge in [-0.2, -0.15) is 0 Å². The summed E-state index contributed by atoms with van der Waals surface area (Å²) >= 11 is 0. The molecule has 0 spiro atoms. The molecule has 0 saturated carbocycles. The number of carboxylic acids is 1. The summed E-state index contributed by atoms with van der Waals surface area (Å²) in [7, 11) is 0. The molecule has 1 aromatic rings. The van der Waals surface area contributed by atoms with Gasteiger partial charge in [0.05, 0.1) is 18.2 Å². The van der Waals surface area contributed by atoms with Gasteiger partial charge in [0.2, 0.25) is 0 Å². The van der Waals surface area contributed by atoms with E-state index in [2.05, 4.69) is 24.0 Å². The van der Waals surface area contributed by atoms with Gasteiger partial charge >= 0.3 is 5.97 Å². The summed E-state index contributed by atoms with van der Waals surface area (Å²) in [4.78, 5) is 12.8. The molecule has 1 aliphatic rings. The van der Waals surface area contributed by atoms with Gasteiger partial charge in [0.15, 0.2) is 0 Å². The molecule has 158 valence electrons. The number of carbonyl (C=O) groups is 1. The van der Waals surface area contributed by atoms with Crippen molar-refractivity contribution >= 4 is 11.7 Å². The lowest BCUT2D eigenvalue weighted by Gasteiger charge is -2.28. The van der Waals surface area contributed by atoms with Crippen molar-refractivity contribution < 1.29 is 20.1 Å². The summed E-state index contributed by atoms with van der Waals surface area (Å²) < 4.78 is 0. The minimum Gasteiger partial charge on any atom is -0.481 e. The fourth-order valence-electron chi connectivity index (χ4n) is 4.13. The Morgan fingerprint density at radius 3 is 2.50 bits per heavy atom. The Kier molecular flexibility index (Phi) is 9.79. The van der Waals surface area contributed by atoms with Gasteiger partial charge in [-0.25, -0.2) is 0 Å². The van der Waals surface area contributed by atoms with Crippen molar-refractivity contribution in [3.63, 3.8) is 0 Å². The molecule has 0 bridgehead atoms. The predicted octanol–water partition coefficient (Wildman–Crippen LogP) is 4.67. The SMILES string of the molecule is CCCCCC(O)c1ccc(N2CCC(O)C2CCCCCCC(=O)O)cc1. The molecular formula is C23H37NO4. The molecule has 0 amide bonds. The standard InChI is InChI=1S/C23H37NO4/c1-2-3-6-10-21(25)18-12-14-19(15-13-18)24-17-16-22(26)20(24)9-7-4-5-8-11-23(27)28/h12-15,20-22,25-26H,2-11,16-17H2,1H3,(H,27,28). The number of hydrogen-bond donors (Lipinski definition) is 3. The quantitative estimate of drug-likeness (QED) is 0.426. The first-order chi connectivity index (χ1) is 13.5. The zero-order valence-corrected chi connectivity index (χ0v) is 17.2. The van der Waals surface area contributed by atoms with Crippen molar-refractivity contribution in [1.82, 2.24) is 0 Å². The summed E-state index contributed by atoms with van der Waals surface area (Å²) in [6.45, 7) is 3.02. The number of aliphatic hydroxyl groups is 2. The predicted molar refractivity (Wildman–Crippen MR) is 113 cm³/mol. The molecule has 0 radical (unpaired) electrons. The maximum absolute atomic E-state index is 10.6. The first-order valence-corrected chi connectivity index (χ1v) is 11.0. The Labute approximate surface area is 169 Å². The van der Waals surface area contributed by atoms with Gasteiger partial charge in [-0.05, 0) is 43.4 Å². The van der Waals surface area contributed by atoms with Crippen LogP contribution in [0.3, 0.4) is 0 Å². The van der Waals surface area contributed by atoms with Crippen LogP contribution >= 0.6 is 0 Å². The zero-order chi connectivity index (χ0) is 20.4. The van der Waals surface area contributed by atoms with Crippen molar-refractivity contribution in [3.05, 3.63) is 29.8 Å². The topological polar surface area (TPSA) is 81.0 Å². The molecule has 0 aromatic heterocycles. The Bertz CT molecular complexity index is 574. The van der Waals surface area contributed by atoms with E-state index < -0.39 is 12.1 Å². The number of anilines is 1. The van der Waals surface area contributed by atoms with Crippen LogP contribution in [0.4, 0.5) is 5.69 Å². The molecule has 1 aliphatic heterocycles. The van der Waals surface area contributed by atoms with Gasteiger partial charge in [-0.15, -0.1) is 0 Å².